The molecule has 1 aromatic heterocycles. The fourth-order valence-electron chi connectivity index (χ4n) is 2.31. The van der Waals surface area contributed by atoms with Crippen LogP contribution < -0.4 is 10.1 Å². The SMILES string of the molecule is COc1ccc([N+](=O)[O-])cc1NC(=O)C(C)OC(=O)CSc1nc(C)cc(C)n1. The van der Waals surface area contributed by atoms with Crippen molar-refractivity contribution in [3.63, 3.8) is 0 Å². The second-order valence-corrected chi connectivity index (χ2v) is 6.93. The lowest BCUT2D eigenvalue weighted by molar-refractivity contribution is -0.384. The van der Waals surface area contributed by atoms with Crippen molar-refractivity contribution in [3.05, 3.63) is 45.8 Å². The molecule has 1 heterocycles. The second-order valence-electron chi connectivity index (χ2n) is 5.98. The second kappa shape index (κ2) is 9.82. The van der Waals surface area contributed by atoms with Gasteiger partial charge in [-0.25, -0.2) is 9.97 Å². The molecule has 154 valence electrons. The van der Waals surface area contributed by atoms with Gasteiger partial charge in [0.2, 0.25) is 0 Å². The average molecular weight is 420 g/mol. The lowest BCUT2D eigenvalue weighted by atomic mass is 10.2. The predicted octanol–water partition coefficient (Wildman–Crippen LogP) is 2.67. The van der Waals surface area contributed by atoms with E-state index in [1.54, 1.807) is 0 Å². The van der Waals surface area contributed by atoms with Crippen molar-refractivity contribution in [1.82, 2.24) is 9.97 Å². The Hall–Kier alpha value is -3.21. The third kappa shape index (κ3) is 6.42. The topological polar surface area (TPSA) is 134 Å². The number of nitrogens with zero attached hydrogens (tertiary/aromatic N) is 3. The maximum absolute atomic E-state index is 12.3. The van der Waals surface area contributed by atoms with Crippen LogP contribution in [0.1, 0.15) is 18.3 Å². The minimum atomic E-state index is -1.12. The number of thioether (sulfide) groups is 1. The number of aryl methyl sites for hydroxylation is 2. The lowest BCUT2D eigenvalue weighted by Crippen LogP contribution is -2.30. The van der Waals surface area contributed by atoms with Gasteiger partial charge < -0.3 is 14.8 Å². The van der Waals surface area contributed by atoms with Crippen molar-refractivity contribution in [3.8, 4) is 5.75 Å². The highest BCUT2D eigenvalue weighted by Crippen LogP contribution is 2.29. The van der Waals surface area contributed by atoms with Gasteiger partial charge in [0.25, 0.3) is 11.6 Å². The largest absolute Gasteiger partial charge is 0.495 e. The molecule has 11 heteroatoms. The van der Waals surface area contributed by atoms with Gasteiger partial charge in [0.05, 0.1) is 23.5 Å². The van der Waals surface area contributed by atoms with Crippen molar-refractivity contribution < 1.29 is 24.0 Å². The Bertz CT molecular complexity index is 916. The molecular formula is C18H20N4O6S. The Kier molecular flexibility index (Phi) is 7.48. The molecule has 2 rings (SSSR count). The van der Waals surface area contributed by atoms with Gasteiger partial charge in [-0.1, -0.05) is 11.8 Å². The molecule has 1 amide bonds. The number of esters is 1. The molecule has 1 aromatic carbocycles. The van der Waals surface area contributed by atoms with E-state index in [1.807, 2.05) is 19.9 Å². The zero-order chi connectivity index (χ0) is 21.6. The number of nitro groups is 1. The predicted molar refractivity (Wildman–Crippen MR) is 106 cm³/mol. The third-order valence-corrected chi connectivity index (χ3v) is 4.43. The van der Waals surface area contributed by atoms with Gasteiger partial charge >= 0.3 is 5.97 Å². The van der Waals surface area contributed by atoms with Crippen molar-refractivity contribution in [2.75, 3.05) is 18.2 Å². The summed E-state index contributed by atoms with van der Waals surface area (Å²) in [6.45, 7) is 5.05. The average Bonchev–Trinajstić information content (AvgIpc) is 2.65. The summed E-state index contributed by atoms with van der Waals surface area (Å²) in [6.07, 6.45) is -1.12. The molecule has 0 radical (unpaired) electrons. The van der Waals surface area contributed by atoms with Crippen LogP contribution in [0.2, 0.25) is 0 Å². The number of amides is 1. The molecule has 1 atom stereocenters. The minimum absolute atomic E-state index is 0.0688. The van der Waals surface area contributed by atoms with E-state index in [9.17, 15) is 19.7 Å². The third-order valence-electron chi connectivity index (χ3n) is 3.61. The number of nitrogens with one attached hydrogen (secondary N) is 1. The number of non-ortho nitro benzene ring substituents is 1. The van der Waals surface area contributed by atoms with Crippen molar-refractivity contribution in [2.24, 2.45) is 0 Å². The fourth-order valence-corrected chi connectivity index (χ4v) is 3.04. The summed E-state index contributed by atoms with van der Waals surface area (Å²) in [6, 6.07) is 5.60. The van der Waals surface area contributed by atoms with E-state index in [-0.39, 0.29) is 22.9 Å². The first-order chi connectivity index (χ1) is 13.7. The Morgan fingerprint density at radius 1 is 1.24 bits per heavy atom. The standard InChI is InChI=1S/C18H20N4O6S/c1-10-7-11(2)20-18(19-10)29-9-16(23)28-12(3)17(24)21-14-8-13(22(25)26)5-6-15(14)27-4/h5-8,12H,9H2,1-4H3,(H,21,24). The zero-order valence-corrected chi connectivity index (χ0v) is 17.1. The van der Waals surface area contributed by atoms with Crippen LogP contribution >= 0.6 is 11.8 Å². The molecule has 0 bridgehead atoms. The molecule has 29 heavy (non-hydrogen) atoms. The van der Waals surface area contributed by atoms with Crippen molar-refractivity contribution >= 4 is 35.0 Å². The molecule has 0 aliphatic heterocycles. The van der Waals surface area contributed by atoms with E-state index in [1.165, 1.54) is 32.2 Å². The van der Waals surface area contributed by atoms with Crippen LogP contribution in [0.4, 0.5) is 11.4 Å². The summed E-state index contributed by atoms with van der Waals surface area (Å²) >= 11 is 1.10. The number of nitro benzene ring substituents is 1. The Morgan fingerprint density at radius 2 is 1.90 bits per heavy atom. The van der Waals surface area contributed by atoms with Crippen LogP contribution in [0.25, 0.3) is 0 Å². The van der Waals surface area contributed by atoms with E-state index in [4.69, 9.17) is 9.47 Å². The van der Waals surface area contributed by atoms with Gasteiger partial charge in [0.1, 0.15) is 5.75 Å². The number of rotatable bonds is 8. The number of methoxy groups -OCH3 is 1. The van der Waals surface area contributed by atoms with E-state index in [0.29, 0.717) is 5.16 Å². The highest BCUT2D eigenvalue weighted by molar-refractivity contribution is 7.99. The lowest BCUT2D eigenvalue weighted by Gasteiger charge is -2.15. The highest BCUT2D eigenvalue weighted by atomic mass is 32.2. The number of anilines is 1. The zero-order valence-electron chi connectivity index (χ0n) is 16.3. The summed E-state index contributed by atoms with van der Waals surface area (Å²) in [5, 5.41) is 13.8. The molecule has 0 aliphatic carbocycles. The highest BCUT2D eigenvalue weighted by Gasteiger charge is 2.21. The first-order valence-corrected chi connectivity index (χ1v) is 9.46. The summed E-state index contributed by atoms with van der Waals surface area (Å²) in [5.74, 6) is -1.10. The van der Waals surface area contributed by atoms with Crippen LogP contribution in [0, 0.1) is 24.0 Å². The van der Waals surface area contributed by atoms with Crippen molar-refractivity contribution in [2.45, 2.75) is 32.0 Å². The first-order valence-electron chi connectivity index (χ1n) is 8.47. The van der Waals surface area contributed by atoms with Gasteiger partial charge in [-0.05, 0) is 32.9 Å². The molecule has 1 unspecified atom stereocenters. The Morgan fingerprint density at radius 3 is 2.48 bits per heavy atom. The number of aromatic nitrogens is 2. The Balaban J connectivity index is 1.95. The maximum Gasteiger partial charge on any atom is 0.317 e. The Labute approximate surface area is 171 Å². The van der Waals surface area contributed by atoms with Gasteiger partial charge in [0, 0.05) is 23.5 Å². The monoisotopic (exact) mass is 420 g/mol. The number of hydrogen-bond donors (Lipinski definition) is 1. The van der Waals surface area contributed by atoms with E-state index in [2.05, 4.69) is 15.3 Å². The quantitative estimate of drug-likeness (QED) is 0.225. The number of carbonyl (C=O) groups is 2. The van der Waals surface area contributed by atoms with Gasteiger partial charge in [0.15, 0.2) is 11.3 Å². The van der Waals surface area contributed by atoms with Crippen molar-refractivity contribution in [1.29, 1.82) is 0 Å². The number of carbonyl (C=O) groups excluding carboxylic acids is 2. The van der Waals surface area contributed by atoms with Crippen LogP contribution in [0.5, 0.6) is 5.75 Å². The molecule has 10 nitrogen and oxygen atoms in total. The minimum Gasteiger partial charge on any atom is -0.495 e. The summed E-state index contributed by atoms with van der Waals surface area (Å²) in [7, 11) is 1.37. The molecule has 0 aliphatic rings. The van der Waals surface area contributed by atoms with Gasteiger partial charge in [-0.3, -0.25) is 19.7 Å². The van der Waals surface area contributed by atoms with Crippen LogP contribution in [0.15, 0.2) is 29.4 Å². The van der Waals surface area contributed by atoms with Gasteiger partial charge in [-0.15, -0.1) is 0 Å². The summed E-state index contributed by atoms with van der Waals surface area (Å²) in [4.78, 5) is 43.1. The fraction of sp³-hybridized carbons (Fsp3) is 0.333. The molecular weight excluding hydrogens is 400 g/mol. The van der Waals surface area contributed by atoms with Crippen LogP contribution in [-0.2, 0) is 14.3 Å². The van der Waals surface area contributed by atoms with E-state index in [0.717, 1.165) is 23.1 Å². The number of benzene rings is 1. The molecule has 0 fully saturated rings. The summed E-state index contributed by atoms with van der Waals surface area (Å²) in [5.41, 5.74) is 1.46. The number of ether oxygens (including phenoxy) is 2. The molecule has 1 N–H and O–H groups in total. The molecule has 2 aromatic rings. The van der Waals surface area contributed by atoms with Gasteiger partial charge in [-0.2, -0.15) is 0 Å². The van der Waals surface area contributed by atoms with Crippen LogP contribution in [0.3, 0.4) is 0 Å². The number of hydrogen-bond acceptors (Lipinski definition) is 9. The van der Waals surface area contributed by atoms with E-state index >= 15 is 0 Å². The van der Waals surface area contributed by atoms with Crippen LogP contribution in [-0.4, -0.2) is 45.7 Å². The molecule has 0 saturated heterocycles. The van der Waals surface area contributed by atoms with E-state index < -0.39 is 22.9 Å². The molecule has 0 spiro atoms. The summed E-state index contributed by atoms with van der Waals surface area (Å²) < 4.78 is 10.2. The normalized spacial score (nSPS) is 11.4. The molecule has 0 saturated carbocycles. The first kappa shape index (κ1) is 22.1. The maximum atomic E-state index is 12.3. The smallest absolute Gasteiger partial charge is 0.317 e.